The molecule has 1 fully saturated rings. The minimum absolute atomic E-state index is 0.0402. The van der Waals surface area contributed by atoms with Gasteiger partial charge in [0.05, 0.1) is 17.1 Å². The summed E-state index contributed by atoms with van der Waals surface area (Å²) in [6.07, 6.45) is 1.91. The number of hydrogen-bond donors (Lipinski definition) is 2. The Labute approximate surface area is 122 Å². The molecule has 3 N–H and O–H groups in total. The Hall–Kier alpha value is -1.41. The molecule has 0 aromatic heterocycles. The van der Waals surface area contributed by atoms with Gasteiger partial charge >= 0.3 is 0 Å². The van der Waals surface area contributed by atoms with Gasteiger partial charge in [-0.05, 0) is 18.4 Å². The minimum atomic E-state index is -2.94. The molecule has 1 aromatic carbocycles. The molecule has 1 saturated heterocycles. The van der Waals surface area contributed by atoms with Gasteiger partial charge in [0.2, 0.25) is 0 Å². The van der Waals surface area contributed by atoms with Crippen LogP contribution in [0.1, 0.15) is 5.56 Å². The van der Waals surface area contributed by atoms with E-state index in [1.165, 1.54) is 11.8 Å². The maximum Gasteiger partial charge on any atom is 0.173 e. The summed E-state index contributed by atoms with van der Waals surface area (Å²) in [6.45, 7) is 0.845. The number of oxime groups is 1. The molecule has 0 amide bonds. The Kier molecular flexibility index (Phi) is 4.44. The summed E-state index contributed by atoms with van der Waals surface area (Å²) in [5.74, 6) is 0.302. The van der Waals surface area contributed by atoms with Crippen molar-refractivity contribution in [2.45, 2.75) is 4.90 Å². The molecule has 1 aromatic rings. The highest BCUT2D eigenvalue weighted by atomic mass is 32.2. The molecule has 0 saturated carbocycles. The van der Waals surface area contributed by atoms with Crippen LogP contribution in [0.4, 0.5) is 5.69 Å². The van der Waals surface area contributed by atoms with Crippen molar-refractivity contribution in [3.63, 3.8) is 0 Å². The zero-order valence-corrected chi connectivity index (χ0v) is 12.7. The molecular formula is C12H17N3O3S2. The van der Waals surface area contributed by atoms with Gasteiger partial charge in [0.1, 0.15) is 0 Å². The van der Waals surface area contributed by atoms with Gasteiger partial charge < -0.3 is 15.8 Å². The zero-order chi connectivity index (χ0) is 14.8. The van der Waals surface area contributed by atoms with Crippen molar-refractivity contribution in [1.82, 2.24) is 0 Å². The second kappa shape index (κ2) is 5.92. The van der Waals surface area contributed by atoms with Crippen LogP contribution in [0.2, 0.25) is 0 Å². The first-order valence-corrected chi connectivity index (χ1v) is 9.13. The average molecular weight is 315 g/mol. The van der Waals surface area contributed by atoms with Gasteiger partial charge in [0.15, 0.2) is 15.7 Å². The van der Waals surface area contributed by atoms with Crippen LogP contribution >= 0.6 is 11.8 Å². The Morgan fingerprint density at radius 3 is 2.60 bits per heavy atom. The number of amidine groups is 1. The number of nitrogens with two attached hydrogens (primary N) is 1. The van der Waals surface area contributed by atoms with Crippen molar-refractivity contribution in [3.8, 4) is 0 Å². The van der Waals surface area contributed by atoms with Gasteiger partial charge in [0, 0.05) is 23.7 Å². The molecule has 20 heavy (non-hydrogen) atoms. The lowest BCUT2D eigenvalue weighted by Gasteiger charge is -2.30. The van der Waals surface area contributed by atoms with Gasteiger partial charge in [-0.2, -0.15) is 0 Å². The lowest BCUT2D eigenvalue weighted by Crippen LogP contribution is -2.41. The Bertz CT molecular complexity index is 615. The van der Waals surface area contributed by atoms with Crippen molar-refractivity contribution in [2.75, 3.05) is 35.8 Å². The molecule has 0 radical (unpaired) electrons. The lowest BCUT2D eigenvalue weighted by atomic mass is 10.1. The predicted molar refractivity (Wildman–Crippen MR) is 81.6 cm³/mol. The van der Waals surface area contributed by atoms with E-state index in [2.05, 4.69) is 5.16 Å². The zero-order valence-electron chi connectivity index (χ0n) is 11.1. The fourth-order valence-corrected chi connectivity index (χ4v) is 4.04. The van der Waals surface area contributed by atoms with Crippen molar-refractivity contribution < 1.29 is 13.6 Å². The molecule has 8 heteroatoms. The van der Waals surface area contributed by atoms with Gasteiger partial charge in [-0.3, -0.25) is 0 Å². The molecule has 1 heterocycles. The predicted octanol–water partition coefficient (Wildman–Crippen LogP) is 0.738. The second-order valence-corrected chi connectivity index (χ2v) is 7.63. The van der Waals surface area contributed by atoms with Crippen molar-refractivity contribution in [3.05, 3.63) is 23.8 Å². The van der Waals surface area contributed by atoms with E-state index in [0.717, 1.165) is 10.6 Å². The largest absolute Gasteiger partial charge is 0.409 e. The minimum Gasteiger partial charge on any atom is -0.409 e. The highest BCUT2D eigenvalue weighted by Gasteiger charge is 2.25. The topological polar surface area (TPSA) is 96.0 Å². The smallest absolute Gasteiger partial charge is 0.173 e. The number of anilines is 1. The van der Waals surface area contributed by atoms with E-state index in [-0.39, 0.29) is 17.3 Å². The molecule has 0 spiro atoms. The van der Waals surface area contributed by atoms with Crippen LogP contribution in [-0.4, -0.2) is 50.3 Å². The quantitative estimate of drug-likeness (QED) is 0.281. The average Bonchev–Trinajstić information content (AvgIpc) is 2.45. The van der Waals surface area contributed by atoms with Crippen molar-refractivity contribution in [1.29, 1.82) is 0 Å². The third kappa shape index (κ3) is 3.01. The molecule has 0 bridgehead atoms. The molecule has 6 nitrogen and oxygen atoms in total. The molecular weight excluding hydrogens is 298 g/mol. The van der Waals surface area contributed by atoms with Gasteiger partial charge in [-0.25, -0.2) is 8.42 Å². The number of thioether (sulfide) groups is 1. The van der Waals surface area contributed by atoms with Crippen LogP contribution in [-0.2, 0) is 9.84 Å². The maximum absolute atomic E-state index is 11.5. The number of hydrogen-bond acceptors (Lipinski definition) is 6. The normalized spacial score (nSPS) is 19.1. The summed E-state index contributed by atoms with van der Waals surface area (Å²) in [5, 5.41) is 12.0. The van der Waals surface area contributed by atoms with E-state index in [9.17, 15) is 8.42 Å². The molecule has 2 rings (SSSR count). The van der Waals surface area contributed by atoms with E-state index < -0.39 is 9.84 Å². The Morgan fingerprint density at radius 1 is 1.40 bits per heavy atom. The van der Waals surface area contributed by atoms with E-state index >= 15 is 0 Å². The molecule has 0 unspecified atom stereocenters. The summed E-state index contributed by atoms with van der Waals surface area (Å²) < 4.78 is 23.0. The first kappa shape index (κ1) is 15.0. The highest BCUT2D eigenvalue weighted by molar-refractivity contribution is 7.98. The molecule has 1 aliphatic heterocycles. The van der Waals surface area contributed by atoms with Gasteiger partial charge in [-0.1, -0.05) is 11.2 Å². The summed E-state index contributed by atoms with van der Waals surface area (Å²) in [4.78, 5) is 2.86. The van der Waals surface area contributed by atoms with E-state index in [1.54, 1.807) is 0 Å². The fraction of sp³-hybridized carbons (Fsp3) is 0.417. The van der Waals surface area contributed by atoms with E-state index in [0.29, 0.717) is 18.7 Å². The number of nitrogens with zero attached hydrogens (tertiary/aromatic N) is 2. The van der Waals surface area contributed by atoms with Crippen molar-refractivity contribution >= 4 is 33.1 Å². The second-order valence-electron chi connectivity index (χ2n) is 4.48. The summed E-state index contributed by atoms with van der Waals surface area (Å²) >= 11 is 1.50. The molecule has 0 aliphatic carbocycles. The number of sulfone groups is 1. The summed E-state index contributed by atoms with van der Waals surface area (Å²) in [5.41, 5.74) is 7.24. The van der Waals surface area contributed by atoms with Gasteiger partial charge in [0.25, 0.3) is 0 Å². The molecule has 0 atom stereocenters. The van der Waals surface area contributed by atoms with Crippen LogP contribution < -0.4 is 10.6 Å². The number of rotatable bonds is 3. The molecule has 110 valence electrons. The van der Waals surface area contributed by atoms with Crippen LogP contribution in [0.25, 0.3) is 0 Å². The highest BCUT2D eigenvalue weighted by Crippen LogP contribution is 2.30. The van der Waals surface area contributed by atoms with Gasteiger partial charge in [-0.15, -0.1) is 11.8 Å². The third-order valence-electron chi connectivity index (χ3n) is 3.27. The fourth-order valence-electron chi connectivity index (χ4n) is 2.21. The van der Waals surface area contributed by atoms with Crippen LogP contribution in [0.3, 0.4) is 0 Å². The first-order valence-electron chi connectivity index (χ1n) is 6.09. The van der Waals surface area contributed by atoms with Crippen LogP contribution in [0.5, 0.6) is 0 Å². The van der Waals surface area contributed by atoms with Crippen LogP contribution in [0.15, 0.2) is 28.3 Å². The van der Waals surface area contributed by atoms with E-state index in [1.807, 2.05) is 29.4 Å². The van der Waals surface area contributed by atoms with E-state index in [4.69, 9.17) is 10.9 Å². The monoisotopic (exact) mass is 315 g/mol. The maximum atomic E-state index is 11.5. The Balaban J connectivity index is 2.42. The standard InChI is InChI=1S/C12H17N3O3S2/c1-19-10-4-2-3-9(11(10)12(13)14-16)15-5-7-20(17,18)8-6-15/h2-4,16H,5-8H2,1H3,(H2,13,14). The van der Waals surface area contributed by atoms with Crippen molar-refractivity contribution in [2.24, 2.45) is 10.9 Å². The summed E-state index contributed by atoms with van der Waals surface area (Å²) in [6, 6.07) is 5.64. The first-order chi connectivity index (χ1) is 9.48. The lowest BCUT2D eigenvalue weighted by molar-refractivity contribution is 0.318. The number of benzene rings is 1. The van der Waals surface area contributed by atoms with Crippen LogP contribution in [0, 0.1) is 0 Å². The third-order valence-corrected chi connectivity index (χ3v) is 5.66. The summed E-state index contributed by atoms with van der Waals surface area (Å²) in [7, 11) is -2.94. The molecule has 1 aliphatic rings. The SMILES string of the molecule is CSc1cccc(N2CCS(=O)(=O)CC2)c1/C(N)=N/O. The Morgan fingerprint density at radius 2 is 2.05 bits per heavy atom.